The van der Waals surface area contributed by atoms with Gasteiger partial charge in [0.1, 0.15) is 0 Å². The van der Waals surface area contributed by atoms with Crippen LogP contribution < -0.4 is 4.90 Å². The summed E-state index contributed by atoms with van der Waals surface area (Å²) in [6.07, 6.45) is 3.97. The van der Waals surface area contributed by atoms with Crippen LogP contribution >= 0.6 is 0 Å². The zero-order chi connectivity index (χ0) is 7.84. The number of carbonyl (C=O) groups is 1. The lowest BCUT2D eigenvalue weighted by Gasteiger charge is -2.22. The molecule has 1 aromatic rings. The number of nitrogens with zero attached hydrogens (tertiary/aromatic N) is 3. The zero-order valence-corrected chi connectivity index (χ0v) is 6.19. The third kappa shape index (κ3) is 0.824. The van der Waals surface area contributed by atoms with E-state index in [2.05, 4.69) is 4.98 Å². The minimum atomic E-state index is 0.0868. The van der Waals surface area contributed by atoms with Gasteiger partial charge in [-0.15, -0.1) is 0 Å². The molecule has 1 amide bonds. The largest absolute Gasteiger partial charge is 0.311 e. The van der Waals surface area contributed by atoms with Crippen LogP contribution in [0.15, 0.2) is 12.4 Å². The minimum Gasteiger partial charge on any atom is -0.311 e. The van der Waals surface area contributed by atoms with E-state index in [9.17, 15) is 4.79 Å². The fraction of sp³-hybridized carbons (Fsp3) is 0.286. The molecule has 0 atom stereocenters. The Labute approximate surface area is 64.4 Å². The Bertz CT molecular complexity index is 292. The van der Waals surface area contributed by atoms with Crippen molar-refractivity contribution in [3.63, 3.8) is 0 Å². The van der Waals surface area contributed by atoms with E-state index in [-0.39, 0.29) is 5.91 Å². The van der Waals surface area contributed by atoms with Crippen molar-refractivity contribution in [3.05, 3.63) is 18.9 Å². The van der Waals surface area contributed by atoms with Gasteiger partial charge < -0.3 is 4.57 Å². The maximum Gasteiger partial charge on any atom is 0.231 e. The van der Waals surface area contributed by atoms with Gasteiger partial charge in [-0.2, -0.15) is 0 Å². The van der Waals surface area contributed by atoms with Gasteiger partial charge in [0, 0.05) is 19.4 Å². The molecule has 0 spiro atoms. The predicted molar refractivity (Wildman–Crippen MR) is 40.0 cm³/mol. The fourth-order valence-corrected chi connectivity index (χ4v) is 1.13. The first-order valence-corrected chi connectivity index (χ1v) is 3.42. The summed E-state index contributed by atoms with van der Waals surface area (Å²) < 4.78 is 1.85. The molecule has 1 aromatic heterocycles. The molecule has 4 heteroatoms. The number of hydrogen-bond donors (Lipinski definition) is 0. The third-order valence-electron chi connectivity index (χ3n) is 1.78. The topological polar surface area (TPSA) is 38.1 Å². The Morgan fingerprint density at radius 3 is 3.27 bits per heavy atom. The van der Waals surface area contributed by atoms with Gasteiger partial charge in [0.05, 0.1) is 13.0 Å². The highest BCUT2D eigenvalue weighted by atomic mass is 16.2. The van der Waals surface area contributed by atoms with Crippen molar-refractivity contribution < 1.29 is 4.79 Å². The molecule has 0 aliphatic carbocycles. The number of fused-ring (bicyclic) bond motifs is 1. The molecule has 57 valence electrons. The molecule has 2 rings (SSSR count). The number of hydrogen-bond acceptors (Lipinski definition) is 2. The van der Waals surface area contributed by atoms with E-state index in [0.717, 1.165) is 0 Å². The average molecular weight is 150 g/mol. The molecular weight excluding hydrogens is 142 g/mol. The maximum absolute atomic E-state index is 11.1. The Morgan fingerprint density at radius 1 is 1.64 bits per heavy atom. The second kappa shape index (κ2) is 2.08. The van der Waals surface area contributed by atoms with Crippen molar-refractivity contribution in [1.82, 2.24) is 9.55 Å². The van der Waals surface area contributed by atoms with Gasteiger partial charge in [0.15, 0.2) is 0 Å². The van der Waals surface area contributed by atoms with E-state index in [1.165, 1.54) is 0 Å². The van der Waals surface area contributed by atoms with Gasteiger partial charge in [0.2, 0.25) is 11.9 Å². The van der Waals surface area contributed by atoms with E-state index < -0.39 is 0 Å². The van der Waals surface area contributed by atoms with Crippen molar-refractivity contribution in [2.24, 2.45) is 0 Å². The van der Waals surface area contributed by atoms with Crippen LogP contribution in [-0.2, 0) is 4.79 Å². The summed E-state index contributed by atoms with van der Waals surface area (Å²) in [6.45, 7) is 1.82. The normalized spacial score (nSPS) is 16.8. The first kappa shape index (κ1) is 6.39. The monoisotopic (exact) mass is 150 g/mol. The Morgan fingerprint density at radius 2 is 2.45 bits per heavy atom. The molecule has 0 N–H and O–H groups in total. The van der Waals surface area contributed by atoms with Crippen LogP contribution in [0.1, 0.15) is 6.42 Å². The predicted octanol–water partition coefficient (Wildman–Crippen LogP) is 0.259. The third-order valence-corrected chi connectivity index (χ3v) is 1.78. The molecule has 1 aliphatic heterocycles. The first-order chi connectivity index (χ1) is 5.29. The van der Waals surface area contributed by atoms with Gasteiger partial charge in [-0.1, -0.05) is 0 Å². The quantitative estimate of drug-likeness (QED) is 0.532. The summed E-state index contributed by atoms with van der Waals surface area (Å²) in [5.74, 6) is 0.782. The molecule has 0 unspecified atom stereocenters. The van der Waals surface area contributed by atoms with Crippen molar-refractivity contribution >= 4 is 11.9 Å². The zero-order valence-electron chi connectivity index (χ0n) is 6.19. The molecule has 0 fully saturated rings. The molecule has 11 heavy (non-hydrogen) atoms. The highest BCUT2D eigenvalue weighted by molar-refractivity contribution is 5.93. The molecule has 1 aliphatic rings. The van der Waals surface area contributed by atoms with Gasteiger partial charge in [-0.25, -0.2) is 4.98 Å². The fourth-order valence-electron chi connectivity index (χ4n) is 1.13. The minimum absolute atomic E-state index is 0.0868. The Hall–Kier alpha value is -1.32. The van der Waals surface area contributed by atoms with Crippen molar-refractivity contribution in [2.45, 2.75) is 6.42 Å². The molecular formula is C7H8N3O. The van der Waals surface area contributed by atoms with Crippen molar-refractivity contribution in [3.8, 4) is 0 Å². The van der Waals surface area contributed by atoms with Crippen molar-refractivity contribution in [1.29, 1.82) is 0 Å². The molecule has 4 nitrogen and oxygen atoms in total. The Kier molecular flexibility index (Phi) is 1.21. The molecule has 0 bridgehead atoms. The SMILES string of the molecule is CN1C(=O)C[CH]n2ccnc21. The van der Waals surface area contributed by atoms with E-state index in [1.54, 1.807) is 18.1 Å². The summed E-state index contributed by atoms with van der Waals surface area (Å²) in [5, 5.41) is 0. The smallest absolute Gasteiger partial charge is 0.231 e. The molecule has 0 saturated heterocycles. The van der Waals surface area contributed by atoms with Crippen molar-refractivity contribution in [2.75, 3.05) is 11.9 Å². The van der Waals surface area contributed by atoms with Crippen LogP contribution in [0.2, 0.25) is 0 Å². The lowest BCUT2D eigenvalue weighted by molar-refractivity contribution is -0.118. The average Bonchev–Trinajstić information content (AvgIpc) is 2.45. The molecule has 0 saturated carbocycles. The molecule has 0 aromatic carbocycles. The second-order valence-corrected chi connectivity index (χ2v) is 2.47. The van der Waals surface area contributed by atoms with E-state index in [1.807, 2.05) is 17.3 Å². The van der Waals surface area contributed by atoms with Gasteiger partial charge in [-0.3, -0.25) is 9.69 Å². The summed E-state index contributed by atoms with van der Waals surface area (Å²) in [4.78, 5) is 16.7. The summed E-state index contributed by atoms with van der Waals surface area (Å²) in [7, 11) is 1.73. The first-order valence-electron chi connectivity index (χ1n) is 3.42. The van der Waals surface area contributed by atoms with E-state index >= 15 is 0 Å². The van der Waals surface area contributed by atoms with Gasteiger partial charge in [0.25, 0.3) is 0 Å². The highest BCUT2D eigenvalue weighted by Crippen LogP contribution is 2.17. The van der Waals surface area contributed by atoms with Crippen LogP contribution in [0.4, 0.5) is 5.95 Å². The van der Waals surface area contributed by atoms with Gasteiger partial charge >= 0.3 is 0 Å². The highest BCUT2D eigenvalue weighted by Gasteiger charge is 2.20. The number of carbonyl (C=O) groups excluding carboxylic acids is 1. The summed E-state index contributed by atoms with van der Waals surface area (Å²) in [5.41, 5.74) is 0. The number of rotatable bonds is 0. The van der Waals surface area contributed by atoms with Crippen LogP contribution in [0.25, 0.3) is 0 Å². The van der Waals surface area contributed by atoms with Crippen LogP contribution in [0.5, 0.6) is 0 Å². The summed E-state index contributed by atoms with van der Waals surface area (Å²) in [6, 6.07) is 0. The maximum atomic E-state index is 11.1. The van der Waals surface area contributed by atoms with E-state index in [0.29, 0.717) is 12.4 Å². The lowest BCUT2D eigenvalue weighted by Crippen LogP contribution is -2.33. The van der Waals surface area contributed by atoms with Crippen LogP contribution in [0, 0.1) is 6.54 Å². The standard InChI is InChI=1S/C7H8N3O/c1-9-6(11)2-4-10-5-3-8-7(9)10/h3-5H,2H2,1H3. The number of imidazole rings is 1. The second-order valence-electron chi connectivity index (χ2n) is 2.47. The number of anilines is 1. The number of amides is 1. The molecule has 2 heterocycles. The van der Waals surface area contributed by atoms with E-state index in [4.69, 9.17) is 0 Å². The molecule has 1 radical (unpaired) electrons. The Balaban J connectivity index is 2.45. The summed E-state index contributed by atoms with van der Waals surface area (Å²) >= 11 is 0. The number of aromatic nitrogens is 2. The van der Waals surface area contributed by atoms with Gasteiger partial charge in [-0.05, 0) is 0 Å². The lowest BCUT2D eigenvalue weighted by atomic mass is 10.3. The van der Waals surface area contributed by atoms with Crippen LogP contribution in [0.3, 0.4) is 0 Å². The van der Waals surface area contributed by atoms with Crippen LogP contribution in [-0.4, -0.2) is 22.5 Å².